The van der Waals surface area contributed by atoms with Gasteiger partial charge in [0.15, 0.2) is 0 Å². The Hall–Kier alpha value is -0.870. The quantitative estimate of drug-likeness (QED) is 0.337. The first kappa shape index (κ1) is 20.1. The molecule has 0 aromatic rings. The number of ether oxygens (including phenoxy) is 2. The van der Waals surface area contributed by atoms with Gasteiger partial charge in [0.05, 0.1) is 5.92 Å². The number of aliphatic carboxylic acids is 1. The van der Waals surface area contributed by atoms with Gasteiger partial charge in [-0.25, -0.2) is 0 Å². The van der Waals surface area contributed by atoms with Crippen molar-refractivity contribution < 1.29 is 19.4 Å². The van der Waals surface area contributed by atoms with Crippen LogP contribution in [0.25, 0.3) is 0 Å². The van der Waals surface area contributed by atoms with Crippen molar-refractivity contribution in [2.75, 3.05) is 20.5 Å². The zero-order chi connectivity index (χ0) is 16.3. The molecule has 2 atom stereocenters. The predicted molar refractivity (Wildman–Crippen MR) is 85.1 cm³/mol. The van der Waals surface area contributed by atoms with E-state index in [1.165, 1.54) is 0 Å². The summed E-state index contributed by atoms with van der Waals surface area (Å²) in [5.41, 5.74) is 0. The van der Waals surface area contributed by atoms with Gasteiger partial charge < -0.3 is 14.6 Å². The molecule has 0 rings (SSSR count). The van der Waals surface area contributed by atoms with Crippen molar-refractivity contribution in [1.82, 2.24) is 0 Å². The summed E-state index contributed by atoms with van der Waals surface area (Å²) in [6, 6.07) is 0. The fourth-order valence-corrected chi connectivity index (χ4v) is 2.33. The predicted octanol–water partition coefficient (Wildman–Crippen LogP) is 3.96. The van der Waals surface area contributed by atoms with Crippen LogP contribution in [0.15, 0.2) is 12.2 Å². The molecule has 0 spiro atoms. The van der Waals surface area contributed by atoms with Gasteiger partial charge in [0.1, 0.15) is 6.79 Å². The first-order valence-corrected chi connectivity index (χ1v) is 7.86. The van der Waals surface area contributed by atoms with Crippen molar-refractivity contribution in [2.24, 2.45) is 23.7 Å². The fourth-order valence-electron chi connectivity index (χ4n) is 2.33. The summed E-state index contributed by atoms with van der Waals surface area (Å²) < 4.78 is 10.1. The van der Waals surface area contributed by atoms with Gasteiger partial charge in [0, 0.05) is 13.7 Å². The fraction of sp³-hybridized carbons (Fsp3) is 0.824. The second-order valence-corrected chi connectivity index (χ2v) is 6.32. The van der Waals surface area contributed by atoms with Crippen LogP contribution >= 0.6 is 0 Å². The molecule has 0 bridgehead atoms. The Balaban J connectivity index is 4.63. The third kappa shape index (κ3) is 10.5. The Kier molecular flexibility index (Phi) is 11.3. The first-order chi connectivity index (χ1) is 9.88. The number of methoxy groups -OCH3 is 1. The second kappa shape index (κ2) is 11.8. The Labute approximate surface area is 129 Å². The van der Waals surface area contributed by atoms with Crippen LogP contribution in [0.1, 0.15) is 47.0 Å². The topological polar surface area (TPSA) is 55.8 Å². The van der Waals surface area contributed by atoms with Crippen LogP contribution in [-0.2, 0) is 14.3 Å². The van der Waals surface area contributed by atoms with E-state index in [1.54, 1.807) is 7.11 Å². The average molecular weight is 300 g/mol. The molecule has 0 unspecified atom stereocenters. The lowest BCUT2D eigenvalue weighted by atomic mass is 9.82. The SMILES string of the molecule is COCOCCC[C@H](/C=C/C(C)C)[C@@H](CC(C)C)C(=O)O. The van der Waals surface area contributed by atoms with E-state index >= 15 is 0 Å². The summed E-state index contributed by atoms with van der Waals surface area (Å²) in [6.07, 6.45) is 6.58. The van der Waals surface area contributed by atoms with Gasteiger partial charge >= 0.3 is 5.97 Å². The highest BCUT2D eigenvalue weighted by Crippen LogP contribution is 2.27. The number of hydrogen-bond acceptors (Lipinski definition) is 3. The van der Waals surface area contributed by atoms with Gasteiger partial charge in [-0.1, -0.05) is 39.8 Å². The van der Waals surface area contributed by atoms with Crippen molar-refractivity contribution in [3.05, 3.63) is 12.2 Å². The molecule has 0 aliphatic carbocycles. The molecule has 21 heavy (non-hydrogen) atoms. The van der Waals surface area contributed by atoms with Gasteiger partial charge in [-0.3, -0.25) is 4.79 Å². The molecule has 4 nitrogen and oxygen atoms in total. The number of hydrogen-bond donors (Lipinski definition) is 1. The van der Waals surface area contributed by atoms with Gasteiger partial charge in [-0.2, -0.15) is 0 Å². The largest absolute Gasteiger partial charge is 0.481 e. The van der Waals surface area contributed by atoms with E-state index in [9.17, 15) is 9.90 Å². The van der Waals surface area contributed by atoms with Crippen LogP contribution < -0.4 is 0 Å². The standard InChI is InChI=1S/C17H32O4/c1-13(2)8-9-15(7-6-10-21-12-20-5)16(17(18)19)11-14(3)4/h8-9,13-16H,6-7,10-12H2,1-5H3,(H,18,19)/b9-8+/t15-,16-/m1/s1. The molecule has 0 aromatic heterocycles. The summed E-state index contributed by atoms with van der Waals surface area (Å²) in [4.78, 5) is 11.6. The molecule has 0 aliphatic rings. The highest BCUT2D eigenvalue weighted by atomic mass is 16.7. The molecule has 0 radical (unpaired) electrons. The van der Waals surface area contributed by atoms with E-state index in [0.717, 1.165) is 12.8 Å². The minimum Gasteiger partial charge on any atom is -0.481 e. The monoisotopic (exact) mass is 300 g/mol. The highest BCUT2D eigenvalue weighted by Gasteiger charge is 2.26. The van der Waals surface area contributed by atoms with E-state index in [2.05, 4.69) is 39.8 Å². The molecule has 0 fully saturated rings. The summed E-state index contributed by atoms with van der Waals surface area (Å²) in [7, 11) is 1.59. The third-order valence-corrected chi connectivity index (χ3v) is 3.33. The number of rotatable bonds is 12. The number of carboxylic acid groups (broad SMARTS) is 1. The van der Waals surface area contributed by atoms with Crippen LogP contribution in [0.5, 0.6) is 0 Å². The smallest absolute Gasteiger partial charge is 0.307 e. The van der Waals surface area contributed by atoms with Gasteiger partial charge in [-0.05, 0) is 37.0 Å². The zero-order valence-electron chi connectivity index (χ0n) is 14.2. The summed E-state index contributed by atoms with van der Waals surface area (Å²) >= 11 is 0. The Morgan fingerprint density at radius 3 is 2.33 bits per heavy atom. The van der Waals surface area contributed by atoms with Crippen molar-refractivity contribution in [3.8, 4) is 0 Å². The van der Waals surface area contributed by atoms with Crippen molar-refractivity contribution in [2.45, 2.75) is 47.0 Å². The average Bonchev–Trinajstić information content (AvgIpc) is 2.39. The van der Waals surface area contributed by atoms with Gasteiger partial charge in [0.25, 0.3) is 0 Å². The summed E-state index contributed by atoms with van der Waals surface area (Å²) in [5, 5.41) is 9.51. The summed E-state index contributed by atoms with van der Waals surface area (Å²) in [5.74, 6) is -0.127. The number of carbonyl (C=O) groups is 1. The van der Waals surface area contributed by atoms with E-state index in [1.807, 2.05) is 0 Å². The maximum Gasteiger partial charge on any atom is 0.307 e. The highest BCUT2D eigenvalue weighted by molar-refractivity contribution is 5.70. The molecule has 4 heteroatoms. The maximum atomic E-state index is 11.6. The molecule has 1 N–H and O–H groups in total. The molecule has 0 heterocycles. The number of allylic oxidation sites excluding steroid dienone is 2. The van der Waals surface area contributed by atoms with Crippen LogP contribution in [0, 0.1) is 23.7 Å². The molecule has 124 valence electrons. The van der Waals surface area contributed by atoms with Crippen molar-refractivity contribution in [3.63, 3.8) is 0 Å². The number of carboxylic acids is 1. The maximum absolute atomic E-state index is 11.6. The zero-order valence-corrected chi connectivity index (χ0v) is 14.2. The minimum absolute atomic E-state index is 0.0680. The van der Waals surface area contributed by atoms with E-state index < -0.39 is 5.97 Å². The van der Waals surface area contributed by atoms with Crippen LogP contribution in [0.2, 0.25) is 0 Å². The second-order valence-electron chi connectivity index (χ2n) is 6.32. The molecular weight excluding hydrogens is 268 g/mol. The molecule has 0 saturated carbocycles. The summed E-state index contributed by atoms with van der Waals surface area (Å²) in [6.45, 7) is 9.25. The van der Waals surface area contributed by atoms with Crippen molar-refractivity contribution in [1.29, 1.82) is 0 Å². The van der Waals surface area contributed by atoms with Gasteiger partial charge in [0.2, 0.25) is 0 Å². The van der Waals surface area contributed by atoms with Crippen molar-refractivity contribution >= 4 is 5.97 Å². The molecule has 0 amide bonds. The molecule has 0 saturated heterocycles. The molecule has 0 aliphatic heterocycles. The Morgan fingerprint density at radius 2 is 1.86 bits per heavy atom. The first-order valence-electron chi connectivity index (χ1n) is 7.86. The Bertz CT molecular complexity index is 297. The lowest BCUT2D eigenvalue weighted by Crippen LogP contribution is -2.24. The molecular formula is C17H32O4. The lowest BCUT2D eigenvalue weighted by molar-refractivity contribution is -0.143. The van der Waals surface area contributed by atoms with Crippen LogP contribution in [-0.4, -0.2) is 31.6 Å². The van der Waals surface area contributed by atoms with Gasteiger partial charge in [-0.15, -0.1) is 0 Å². The van der Waals surface area contributed by atoms with E-state index in [4.69, 9.17) is 9.47 Å². The van der Waals surface area contributed by atoms with Crippen LogP contribution in [0.3, 0.4) is 0 Å². The normalized spacial score (nSPS) is 15.0. The third-order valence-electron chi connectivity index (χ3n) is 3.33. The Morgan fingerprint density at radius 1 is 1.19 bits per heavy atom. The van der Waals surface area contributed by atoms with E-state index in [-0.39, 0.29) is 11.8 Å². The molecule has 0 aromatic carbocycles. The van der Waals surface area contributed by atoms with E-state index in [0.29, 0.717) is 31.7 Å². The van der Waals surface area contributed by atoms with Crippen LogP contribution in [0.4, 0.5) is 0 Å². The minimum atomic E-state index is -0.695. The lowest BCUT2D eigenvalue weighted by Gasteiger charge is -2.23.